The summed E-state index contributed by atoms with van der Waals surface area (Å²) in [5, 5.41) is 0. The molecule has 1 rings (SSSR count). The van der Waals surface area contributed by atoms with Crippen molar-refractivity contribution in [2.75, 3.05) is 13.1 Å². The van der Waals surface area contributed by atoms with E-state index in [1.54, 1.807) is 0 Å². The first-order valence-electron chi connectivity index (χ1n) is 3.34. The van der Waals surface area contributed by atoms with Gasteiger partial charge in [0.25, 0.3) is 0 Å². The van der Waals surface area contributed by atoms with Crippen LogP contribution in [0.15, 0.2) is 25.3 Å². The summed E-state index contributed by atoms with van der Waals surface area (Å²) in [6, 6.07) is 0.778. The van der Waals surface area contributed by atoms with Gasteiger partial charge in [0.2, 0.25) is 0 Å². The predicted molar refractivity (Wildman–Crippen MR) is 40.4 cm³/mol. The number of hydrogen-bond donors (Lipinski definition) is 0. The smallest absolute Gasteiger partial charge is 0.0261 e. The van der Waals surface area contributed by atoms with Gasteiger partial charge in [-0.3, -0.25) is 4.90 Å². The SMILES string of the molecule is C=CCC1CN1CC=C. The molecule has 0 aromatic carbocycles. The molecule has 0 spiro atoms. The molecular weight excluding hydrogens is 110 g/mol. The van der Waals surface area contributed by atoms with Crippen LogP contribution in [0.2, 0.25) is 0 Å². The van der Waals surface area contributed by atoms with Gasteiger partial charge in [-0.2, -0.15) is 0 Å². The third kappa shape index (κ3) is 1.68. The van der Waals surface area contributed by atoms with Gasteiger partial charge >= 0.3 is 0 Å². The first kappa shape index (κ1) is 6.56. The molecule has 1 aliphatic heterocycles. The quantitative estimate of drug-likeness (QED) is 0.403. The second kappa shape index (κ2) is 2.83. The number of hydrogen-bond acceptors (Lipinski definition) is 1. The Hall–Kier alpha value is -0.560. The molecule has 0 amide bonds. The van der Waals surface area contributed by atoms with Crippen LogP contribution < -0.4 is 0 Å². The van der Waals surface area contributed by atoms with Crippen molar-refractivity contribution in [2.24, 2.45) is 0 Å². The molecule has 1 heterocycles. The summed E-state index contributed by atoms with van der Waals surface area (Å²) in [6.45, 7) is 9.63. The molecule has 2 atom stereocenters. The van der Waals surface area contributed by atoms with Gasteiger partial charge in [-0.05, 0) is 6.42 Å². The molecule has 0 aromatic rings. The lowest BCUT2D eigenvalue weighted by Gasteiger charge is -1.93. The predicted octanol–water partition coefficient (Wildman–Crippen LogP) is 1.43. The van der Waals surface area contributed by atoms with Crippen molar-refractivity contribution in [3.05, 3.63) is 25.3 Å². The Balaban J connectivity index is 2.09. The van der Waals surface area contributed by atoms with E-state index in [1.807, 2.05) is 12.2 Å². The number of rotatable bonds is 4. The molecule has 9 heavy (non-hydrogen) atoms. The highest BCUT2D eigenvalue weighted by Crippen LogP contribution is 2.19. The Kier molecular flexibility index (Phi) is 2.06. The van der Waals surface area contributed by atoms with Crippen LogP contribution in [0.25, 0.3) is 0 Å². The highest BCUT2D eigenvalue weighted by Gasteiger charge is 2.30. The van der Waals surface area contributed by atoms with E-state index in [2.05, 4.69) is 18.1 Å². The first-order valence-corrected chi connectivity index (χ1v) is 3.34. The van der Waals surface area contributed by atoms with Crippen LogP contribution >= 0.6 is 0 Å². The van der Waals surface area contributed by atoms with Crippen LogP contribution in [0.3, 0.4) is 0 Å². The summed E-state index contributed by atoms with van der Waals surface area (Å²) in [5.41, 5.74) is 0. The average molecular weight is 123 g/mol. The fraction of sp³-hybridized carbons (Fsp3) is 0.500. The van der Waals surface area contributed by atoms with Crippen molar-refractivity contribution in [2.45, 2.75) is 12.5 Å². The van der Waals surface area contributed by atoms with Crippen molar-refractivity contribution >= 4 is 0 Å². The van der Waals surface area contributed by atoms with Crippen molar-refractivity contribution in [3.8, 4) is 0 Å². The summed E-state index contributed by atoms with van der Waals surface area (Å²) >= 11 is 0. The summed E-state index contributed by atoms with van der Waals surface area (Å²) in [5.74, 6) is 0. The molecule has 1 saturated heterocycles. The Labute approximate surface area is 56.7 Å². The molecule has 50 valence electrons. The zero-order chi connectivity index (χ0) is 6.69. The molecule has 1 fully saturated rings. The van der Waals surface area contributed by atoms with Gasteiger partial charge in [0.05, 0.1) is 0 Å². The van der Waals surface area contributed by atoms with Gasteiger partial charge in [0, 0.05) is 19.1 Å². The maximum Gasteiger partial charge on any atom is 0.0261 e. The summed E-state index contributed by atoms with van der Waals surface area (Å²) in [6.07, 6.45) is 5.06. The molecule has 0 saturated carbocycles. The van der Waals surface area contributed by atoms with E-state index >= 15 is 0 Å². The fourth-order valence-corrected chi connectivity index (χ4v) is 1.03. The summed E-state index contributed by atoms with van der Waals surface area (Å²) < 4.78 is 0. The molecule has 0 aromatic heterocycles. The second-order valence-electron chi connectivity index (χ2n) is 2.42. The van der Waals surface area contributed by atoms with E-state index in [-0.39, 0.29) is 0 Å². The Bertz CT molecular complexity index is 104. The van der Waals surface area contributed by atoms with E-state index in [1.165, 1.54) is 6.54 Å². The maximum atomic E-state index is 3.68. The lowest BCUT2D eigenvalue weighted by molar-refractivity contribution is 0.563. The molecule has 2 unspecified atom stereocenters. The van der Waals surface area contributed by atoms with Crippen LogP contribution in [0, 0.1) is 0 Å². The van der Waals surface area contributed by atoms with Crippen molar-refractivity contribution in [1.29, 1.82) is 0 Å². The molecule has 1 nitrogen and oxygen atoms in total. The Morgan fingerprint density at radius 2 is 2.22 bits per heavy atom. The molecule has 1 aliphatic rings. The van der Waals surface area contributed by atoms with Crippen LogP contribution in [0.5, 0.6) is 0 Å². The highest BCUT2D eigenvalue weighted by molar-refractivity contribution is 4.96. The van der Waals surface area contributed by atoms with Gasteiger partial charge in [-0.15, -0.1) is 13.2 Å². The molecule has 0 aliphatic carbocycles. The van der Waals surface area contributed by atoms with Crippen LogP contribution in [0.1, 0.15) is 6.42 Å². The average Bonchev–Trinajstić information content (AvgIpc) is 2.50. The highest BCUT2D eigenvalue weighted by atomic mass is 15.3. The molecular formula is C8H13N. The minimum Gasteiger partial charge on any atom is -0.294 e. The van der Waals surface area contributed by atoms with Gasteiger partial charge < -0.3 is 0 Å². The Morgan fingerprint density at radius 1 is 1.44 bits per heavy atom. The van der Waals surface area contributed by atoms with Crippen LogP contribution in [0.4, 0.5) is 0 Å². The van der Waals surface area contributed by atoms with Crippen LogP contribution in [-0.4, -0.2) is 24.0 Å². The molecule has 0 bridgehead atoms. The van der Waals surface area contributed by atoms with E-state index in [0.717, 1.165) is 19.0 Å². The van der Waals surface area contributed by atoms with Crippen molar-refractivity contribution in [1.82, 2.24) is 4.90 Å². The number of nitrogens with zero attached hydrogens (tertiary/aromatic N) is 1. The second-order valence-corrected chi connectivity index (χ2v) is 2.42. The van der Waals surface area contributed by atoms with E-state index in [4.69, 9.17) is 0 Å². The van der Waals surface area contributed by atoms with Crippen molar-refractivity contribution in [3.63, 3.8) is 0 Å². The lowest BCUT2D eigenvalue weighted by Crippen LogP contribution is -1.99. The molecule has 1 heteroatoms. The standard InChI is InChI=1S/C8H13N/c1-3-5-8-7-9(8)6-4-2/h3-4,8H,1-2,5-7H2. The van der Waals surface area contributed by atoms with Crippen LogP contribution in [-0.2, 0) is 0 Å². The Morgan fingerprint density at radius 3 is 2.78 bits per heavy atom. The van der Waals surface area contributed by atoms with E-state index in [9.17, 15) is 0 Å². The normalized spacial score (nSPS) is 31.6. The lowest BCUT2D eigenvalue weighted by atomic mass is 10.3. The largest absolute Gasteiger partial charge is 0.294 e. The van der Waals surface area contributed by atoms with Gasteiger partial charge in [-0.1, -0.05) is 12.2 Å². The maximum absolute atomic E-state index is 3.68. The monoisotopic (exact) mass is 123 g/mol. The van der Waals surface area contributed by atoms with E-state index in [0.29, 0.717) is 0 Å². The van der Waals surface area contributed by atoms with E-state index < -0.39 is 0 Å². The molecule has 0 N–H and O–H groups in total. The minimum atomic E-state index is 0.778. The van der Waals surface area contributed by atoms with Crippen molar-refractivity contribution < 1.29 is 0 Å². The van der Waals surface area contributed by atoms with Gasteiger partial charge in [-0.25, -0.2) is 0 Å². The third-order valence-electron chi connectivity index (χ3n) is 1.63. The minimum absolute atomic E-state index is 0.778. The zero-order valence-electron chi connectivity index (χ0n) is 5.71. The zero-order valence-corrected chi connectivity index (χ0v) is 5.71. The summed E-state index contributed by atoms with van der Waals surface area (Å²) in [4.78, 5) is 2.37. The first-order chi connectivity index (χ1) is 4.38. The fourth-order valence-electron chi connectivity index (χ4n) is 1.03. The van der Waals surface area contributed by atoms with Gasteiger partial charge in [0.15, 0.2) is 0 Å². The molecule has 0 radical (unpaired) electrons. The third-order valence-corrected chi connectivity index (χ3v) is 1.63. The van der Waals surface area contributed by atoms with Gasteiger partial charge in [0.1, 0.15) is 0 Å². The topological polar surface area (TPSA) is 3.01 Å². The summed E-state index contributed by atoms with van der Waals surface area (Å²) in [7, 11) is 0.